The van der Waals surface area contributed by atoms with E-state index in [0.29, 0.717) is 16.9 Å². The summed E-state index contributed by atoms with van der Waals surface area (Å²) < 4.78 is 0. The summed E-state index contributed by atoms with van der Waals surface area (Å²) >= 11 is 0. The number of benzene rings is 2. The second-order valence-corrected chi connectivity index (χ2v) is 8.75. The normalized spacial score (nSPS) is 26.8. The van der Waals surface area contributed by atoms with Gasteiger partial charge in [0, 0.05) is 5.69 Å². The van der Waals surface area contributed by atoms with Gasteiger partial charge in [-0.2, -0.15) is 0 Å². The molecule has 30 heavy (non-hydrogen) atoms. The molecule has 0 spiro atoms. The number of para-hydroxylation sites is 1. The van der Waals surface area contributed by atoms with E-state index in [1.165, 1.54) is 10.5 Å². The van der Waals surface area contributed by atoms with Crippen LogP contribution in [-0.2, 0) is 9.59 Å². The van der Waals surface area contributed by atoms with Gasteiger partial charge in [0.1, 0.15) is 0 Å². The van der Waals surface area contributed by atoms with Gasteiger partial charge in [0.2, 0.25) is 11.8 Å². The van der Waals surface area contributed by atoms with Gasteiger partial charge < -0.3 is 5.32 Å². The molecule has 0 aromatic heterocycles. The van der Waals surface area contributed by atoms with Crippen molar-refractivity contribution in [3.8, 4) is 0 Å². The van der Waals surface area contributed by atoms with Crippen LogP contribution in [-0.4, -0.2) is 17.7 Å². The lowest BCUT2D eigenvalue weighted by Gasteiger charge is -2.20. The number of fused-ring (bicyclic) bond motifs is 5. The SMILES string of the molecule is CC1=C[C@H]2C[C@H]1[C@@H]1C(=O)N(c3ccccc3C(=O)Nc3ccc(C)c(C)c3)C(=O)[C@H]12. The molecule has 1 heterocycles. The fourth-order valence-electron chi connectivity index (χ4n) is 5.39. The number of aryl methyl sites for hydroxylation is 2. The van der Waals surface area contributed by atoms with E-state index in [9.17, 15) is 14.4 Å². The zero-order valence-electron chi connectivity index (χ0n) is 17.3. The number of amides is 3. The van der Waals surface area contributed by atoms with Crippen molar-refractivity contribution in [3.63, 3.8) is 0 Å². The minimum atomic E-state index is -0.330. The van der Waals surface area contributed by atoms with Crippen molar-refractivity contribution < 1.29 is 14.4 Å². The summed E-state index contributed by atoms with van der Waals surface area (Å²) in [4.78, 5) is 40.9. The van der Waals surface area contributed by atoms with Crippen molar-refractivity contribution >= 4 is 29.1 Å². The molecule has 3 aliphatic rings. The van der Waals surface area contributed by atoms with Crippen LogP contribution in [0.25, 0.3) is 0 Å². The number of carbonyl (C=O) groups excluding carboxylic acids is 3. The molecule has 2 aromatic carbocycles. The summed E-state index contributed by atoms with van der Waals surface area (Å²) in [6, 6.07) is 12.6. The van der Waals surface area contributed by atoms with Crippen molar-refractivity contribution in [3.05, 3.63) is 70.8 Å². The van der Waals surface area contributed by atoms with Gasteiger partial charge in [-0.3, -0.25) is 14.4 Å². The number of hydrogen-bond donors (Lipinski definition) is 1. The van der Waals surface area contributed by atoms with Crippen molar-refractivity contribution in [2.75, 3.05) is 10.2 Å². The molecule has 4 atom stereocenters. The van der Waals surface area contributed by atoms with E-state index >= 15 is 0 Å². The van der Waals surface area contributed by atoms with Crippen molar-refractivity contribution in [1.82, 2.24) is 0 Å². The Balaban J connectivity index is 1.47. The number of imide groups is 1. The van der Waals surface area contributed by atoms with E-state index < -0.39 is 0 Å². The average molecular weight is 400 g/mol. The van der Waals surface area contributed by atoms with E-state index in [1.807, 2.05) is 39.0 Å². The van der Waals surface area contributed by atoms with Crippen LogP contribution in [0.4, 0.5) is 11.4 Å². The number of rotatable bonds is 3. The predicted molar refractivity (Wildman–Crippen MR) is 115 cm³/mol. The summed E-state index contributed by atoms with van der Waals surface area (Å²) in [5.41, 5.74) is 4.83. The quantitative estimate of drug-likeness (QED) is 0.618. The number of nitrogens with one attached hydrogen (secondary N) is 1. The highest BCUT2D eigenvalue weighted by molar-refractivity contribution is 6.25. The summed E-state index contributed by atoms with van der Waals surface area (Å²) in [5.74, 6) is -0.964. The molecule has 152 valence electrons. The lowest BCUT2D eigenvalue weighted by atomic mass is 9.82. The standard InChI is InChI=1S/C25H24N2O3/c1-13-8-9-17(11-14(13)2)26-23(28)18-6-4-5-7-20(18)27-24(29)21-16-10-15(3)19(12-16)22(21)25(27)30/h4-11,16,19,21-22H,12H2,1-3H3,(H,26,28)/t16-,19+,21-,22-/m0/s1. The Morgan fingerprint density at radius 2 is 1.70 bits per heavy atom. The maximum atomic E-state index is 13.3. The first-order chi connectivity index (χ1) is 14.4. The third-order valence-electron chi connectivity index (χ3n) is 7.04. The monoisotopic (exact) mass is 400 g/mol. The molecule has 5 nitrogen and oxygen atoms in total. The number of nitrogens with zero attached hydrogens (tertiary/aromatic N) is 1. The molecule has 1 aliphatic heterocycles. The van der Waals surface area contributed by atoms with Crippen LogP contribution < -0.4 is 10.2 Å². The Bertz CT molecular complexity index is 1130. The third kappa shape index (κ3) is 2.65. The minimum Gasteiger partial charge on any atom is -0.322 e. The maximum absolute atomic E-state index is 13.3. The van der Waals surface area contributed by atoms with Crippen LogP contribution in [0.3, 0.4) is 0 Å². The van der Waals surface area contributed by atoms with Crippen LogP contribution in [0, 0.1) is 37.5 Å². The Morgan fingerprint density at radius 3 is 2.47 bits per heavy atom. The highest BCUT2D eigenvalue weighted by Crippen LogP contribution is 2.56. The molecule has 1 N–H and O–H groups in total. The fourth-order valence-corrected chi connectivity index (χ4v) is 5.39. The van der Waals surface area contributed by atoms with Gasteiger partial charge in [-0.1, -0.05) is 29.8 Å². The molecular weight excluding hydrogens is 376 g/mol. The van der Waals surface area contributed by atoms with Gasteiger partial charge >= 0.3 is 0 Å². The van der Waals surface area contributed by atoms with Gasteiger partial charge in [-0.15, -0.1) is 0 Å². The van der Waals surface area contributed by atoms with Crippen molar-refractivity contribution in [1.29, 1.82) is 0 Å². The average Bonchev–Trinajstić information content (AvgIpc) is 3.35. The highest BCUT2D eigenvalue weighted by Gasteiger charge is 2.61. The highest BCUT2D eigenvalue weighted by atomic mass is 16.2. The van der Waals surface area contributed by atoms with Crippen LogP contribution in [0.15, 0.2) is 54.1 Å². The first kappa shape index (κ1) is 18.8. The second-order valence-electron chi connectivity index (χ2n) is 8.75. The van der Waals surface area contributed by atoms with Gasteiger partial charge in [-0.25, -0.2) is 4.90 Å². The number of allylic oxidation sites excluding steroid dienone is 2. The molecule has 5 rings (SSSR count). The number of carbonyl (C=O) groups is 3. The van der Waals surface area contributed by atoms with Crippen LogP contribution in [0.2, 0.25) is 0 Å². The van der Waals surface area contributed by atoms with Gasteiger partial charge in [-0.05, 0) is 74.4 Å². The topological polar surface area (TPSA) is 66.5 Å². The Labute approximate surface area is 175 Å². The van der Waals surface area contributed by atoms with E-state index in [0.717, 1.165) is 17.5 Å². The molecule has 2 aromatic rings. The fraction of sp³-hybridized carbons (Fsp3) is 0.320. The lowest BCUT2D eigenvalue weighted by molar-refractivity contribution is -0.123. The van der Waals surface area contributed by atoms with Crippen LogP contribution >= 0.6 is 0 Å². The smallest absolute Gasteiger partial charge is 0.257 e. The van der Waals surface area contributed by atoms with E-state index in [4.69, 9.17) is 0 Å². The largest absolute Gasteiger partial charge is 0.322 e. The first-order valence-electron chi connectivity index (χ1n) is 10.4. The zero-order chi connectivity index (χ0) is 21.2. The van der Waals surface area contributed by atoms with E-state index in [2.05, 4.69) is 11.4 Å². The Kier molecular flexibility index (Phi) is 4.17. The Hall–Kier alpha value is -3.21. The summed E-state index contributed by atoms with van der Waals surface area (Å²) in [5, 5.41) is 2.91. The van der Waals surface area contributed by atoms with E-state index in [-0.39, 0.29) is 41.4 Å². The molecule has 0 unspecified atom stereocenters. The third-order valence-corrected chi connectivity index (χ3v) is 7.04. The van der Waals surface area contributed by atoms with Crippen LogP contribution in [0.5, 0.6) is 0 Å². The molecule has 1 saturated heterocycles. The van der Waals surface area contributed by atoms with Crippen LogP contribution in [0.1, 0.15) is 34.8 Å². The first-order valence-corrected chi connectivity index (χ1v) is 10.4. The summed E-state index contributed by atoms with van der Waals surface area (Å²) in [6.45, 7) is 6.05. The minimum absolute atomic E-state index is 0.137. The molecule has 2 fully saturated rings. The predicted octanol–water partition coefficient (Wildman–Crippen LogP) is 4.26. The Morgan fingerprint density at radius 1 is 0.967 bits per heavy atom. The molecule has 1 saturated carbocycles. The molecule has 0 radical (unpaired) electrons. The molecule has 5 heteroatoms. The van der Waals surface area contributed by atoms with Gasteiger partial charge in [0.05, 0.1) is 23.1 Å². The molecule has 2 bridgehead atoms. The van der Waals surface area contributed by atoms with Crippen molar-refractivity contribution in [2.24, 2.45) is 23.7 Å². The second kappa shape index (κ2) is 6.66. The summed E-state index contributed by atoms with van der Waals surface area (Å²) in [6.07, 6.45) is 3.04. The lowest BCUT2D eigenvalue weighted by Crippen LogP contribution is -2.34. The van der Waals surface area contributed by atoms with Crippen molar-refractivity contribution in [2.45, 2.75) is 27.2 Å². The van der Waals surface area contributed by atoms with Gasteiger partial charge in [0.25, 0.3) is 5.91 Å². The van der Waals surface area contributed by atoms with Gasteiger partial charge in [0.15, 0.2) is 0 Å². The zero-order valence-corrected chi connectivity index (χ0v) is 17.3. The maximum Gasteiger partial charge on any atom is 0.257 e. The number of anilines is 2. The summed E-state index contributed by atoms with van der Waals surface area (Å²) in [7, 11) is 0. The van der Waals surface area contributed by atoms with E-state index in [1.54, 1.807) is 24.3 Å². The molecule has 2 aliphatic carbocycles. The molecular formula is C25H24N2O3. The molecule has 3 amide bonds. The number of hydrogen-bond acceptors (Lipinski definition) is 3.